The number of likely N-dealkylation sites (tertiary alicyclic amines) is 1. The molecule has 0 radical (unpaired) electrons. The molecule has 0 saturated carbocycles. The Morgan fingerprint density at radius 3 is 2.36 bits per heavy atom. The Morgan fingerprint density at radius 1 is 1.09 bits per heavy atom. The predicted octanol–water partition coefficient (Wildman–Crippen LogP) is 1.12. The van der Waals surface area contributed by atoms with Crippen LogP contribution in [0.1, 0.15) is 19.3 Å². The maximum absolute atomic E-state index is 5.15. The summed E-state index contributed by atoms with van der Waals surface area (Å²) in [5, 5.41) is 0. The average molecular weight is 155 g/mol. The van der Waals surface area contributed by atoms with Crippen molar-refractivity contribution in [2.75, 3.05) is 32.8 Å². The van der Waals surface area contributed by atoms with Crippen molar-refractivity contribution in [3.05, 3.63) is 0 Å². The minimum Gasteiger partial charge on any atom is -0.381 e. The maximum atomic E-state index is 5.15. The number of ether oxygens (including phenoxy) is 1. The molecular weight excluding hydrogens is 138 g/mol. The SMILES string of the molecule is C1CCN(CC2COC2)CC1. The third kappa shape index (κ3) is 1.94. The molecule has 0 spiro atoms. The summed E-state index contributed by atoms with van der Waals surface area (Å²) in [5.41, 5.74) is 0. The van der Waals surface area contributed by atoms with Gasteiger partial charge in [-0.05, 0) is 25.9 Å². The Kier molecular flexibility index (Phi) is 2.44. The molecule has 0 amide bonds. The van der Waals surface area contributed by atoms with Crippen LogP contribution in [0.5, 0.6) is 0 Å². The first-order valence-corrected chi connectivity index (χ1v) is 4.75. The minimum atomic E-state index is 0.855. The molecule has 2 rings (SSSR count). The molecule has 2 aliphatic rings. The Bertz CT molecular complexity index is 117. The van der Waals surface area contributed by atoms with Gasteiger partial charge in [0.1, 0.15) is 0 Å². The van der Waals surface area contributed by atoms with Crippen molar-refractivity contribution < 1.29 is 4.74 Å². The lowest BCUT2D eigenvalue weighted by Gasteiger charge is -2.34. The van der Waals surface area contributed by atoms with Crippen molar-refractivity contribution >= 4 is 0 Å². The van der Waals surface area contributed by atoms with Gasteiger partial charge >= 0.3 is 0 Å². The van der Waals surface area contributed by atoms with Gasteiger partial charge in [-0.3, -0.25) is 0 Å². The molecule has 2 heteroatoms. The Labute approximate surface area is 68.5 Å². The summed E-state index contributed by atoms with van der Waals surface area (Å²) < 4.78 is 5.15. The first-order chi connectivity index (χ1) is 5.45. The van der Waals surface area contributed by atoms with Gasteiger partial charge in [0.05, 0.1) is 13.2 Å². The smallest absolute Gasteiger partial charge is 0.0528 e. The van der Waals surface area contributed by atoms with E-state index in [2.05, 4.69) is 4.90 Å². The lowest BCUT2D eigenvalue weighted by Crippen LogP contribution is -2.41. The summed E-state index contributed by atoms with van der Waals surface area (Å²) in [7, 11) is 0. The molecule has 0 aliphatic carbocycles. The summed E-state index contributed by atoms with van der Waals surface area (Å²) in [6.07, 6.45) is 4.26. The largest absolute Gasteiger partial charge is 0.381 e. The summed E-state index contributed by atoms with van der Waals surface area (Å²) in [5.74, 6) is 0.855. The van der Waals surface area contributed by atoms with Gasteiger partial charge in [-0.15, -0.1) is 0 Å². The van der Waals surface area contributed by atoms with E-state index in [1.807, 2.05) is 0 Å². The Morgan fingerprint density at radius 2 is 1.82 bits per heavy atom. The molecule has 2 saturated heterocycles. The number of rotatable bonds is 2. The van der Waals surface area contributed by atoms with Crippen molar-refractivity contribution in [3.8, 4) is 0 Å². The van der Waals surface area contributed by atoms with Crippen molar-refractivity contribution in [1.82, 2.24) is 4.90 Å². The van der Waals surface area contributed by atoms with E-state index in [1.165, 1.54) is 38.9 Å². The zero-order valence-corrected chi connectivity index (χ0v) is 7.09. The number of hydrogen-bond donors (Lipinski definition) is 0. The summed E-state index contributed by atoms with van der Waals surface area (Å²) >= 11 is 0. The lowest BCUT2D eigenvalue weighted by molar-refractivity contribution is -0.0482. The van der Waals surface area contributed by atoms with Crippen molar-refractivity contribution in [1.29, 1.82) is 0 Å². The van der Waals surface area contributed by atoms with E-state index in [1.54, 1.807) is 0 Å². The fourth-order valence-corrected chi connectivity index (χ4v) is 1.90. The summed E-state index contributed by atoms with van der Waals surface area (Å²) in [4.78, 5) is 2.59. The molecule has 0 atom stereocenters. The summed E-state index contributed by atoms with van der Waals surface area (Å²) in [6, 6.07) is 0. The first-order valence-electron chi connectivity index (χ1n) is 4.75. The van der Waals surface area contributed by atoms with Gasteiger partial charge in [0.25, 0.3) is 0 Å². The van der Waals surface area contributed by atoms with Gasteiger partial charge in [-0.2, -0.15) is 0 Å². The molecule has 2 heterocycles. The second kappa shape index (κ2) is 3.55. The highest BCUT2D eigenvalue weighted by atomic mass is 16.5. The normalized spacial score (nSPS) is 28.4. The third-order valence-corrected chi connectivity index (χ3v) is 2.67. The van der Waals surface area contributed by atoms with E-state index in [9.17, 15) is 0 Å². The molecule has 11 heavy (non-hydrogen) atoms. The van der Waals surface area contributed by atoms with Crippen LogP contribution in [0.2, 0.25) is 0 Å². The van der Waals surface area contributed by atoms with Gasteiger partial charge < -0.3 is 9.64 Å². The van der Waals surface area contributed by atoms with Crippen LogP contribution in [0.15, 0.2) is 0 Å². The topological polar surface area (TPSA) is 12.5 Å². The van der Waals surface area contributed by atoms with Crippen molar-refractivity contribution in [3.63, 3.8) is 0 Å². The van der Waals surface area contributed by atoms with Crippen LogP contribution in [0.25, 0.3) is 0 Å². The molecule has 0 aromatic carbocycles. The fraction of sp³-hybridized carbons (Fsp3) is 1.00. The van der Waals surface area contributed by atoms with Crippen LogP contribution < -0.4 is 0 Å². The monoisotopic (exact) mass is 155 g/mol. The predicted molar refractivity (Wildman–Crippen MR) is 44.6 cm³/mol. The van der Waals surface area contributed by atoms with Gasteiger partial charge in [-0.1, -0.05) is 6.42 Å². The van der Waals surface area contributed by atoms with Crippen molar-refractivity contribution in [2.24, 2.45) is 5.92 Å². The molecular formula is C9H17NO. The minimum absolute atomic E-state index is 0.855. The highest BCUT2D eigenvalue weighted by molar-refractivity contribution is 4.73. The molecule has 0 unspecified atom stereocenters. The fourth-order valence-electron chi connectivity index (χ4n) is 1.90. The Hall–Kier alpha value is -0.0800. The zero-order chi connectivity index (χ0) is 7.52. The van der Waals surface area contributed by atoms with Crippen LogP contribution in [-0.2, 0) is 4.74 Å². The first kappa shape index (κ1) is 7.56. The average Bonchev–Trinajstić information content (AvgIpc) is 1.99. The molecule has 0 aromatic rings. The molecule has 2 aliphatic heterocycles. The van der Waals surface area contributed by atoms with Gasteiger partial charge in [-0.25, -0.2) is 0 Å². The highest BCUT2D eigenvalue weighted by Gasteiger charge is 2.22. The second-order valence-corrected chi connectivity index (χ2v) is 3.76. The molecule has 64 valence electrons. The van der Waals surface area contributed by atoms with E-state index >= 15 is 0 Å². The molecule has 2 nitrogen and oxygen atoms in total. The third-order valence-electron chi connectivity index (χ3n) is 2.67. The molecule has 0 aromatic heterocycles. The lowest BCUT2D eigenvalue weighted by atomic mass is 10.1. The maximum Gasteiger partial charge on any atom is 0.0528 e. The van der Waals surface area contributed by atoms with E-state index in [0.717, 1.165) is 19.1 Å². The number of hydrogen-bond acceptors (Lipinski definition) is 2. The second-order valence-electron chi connectivity index (χ2n) is 3.76. The van der Waals surface area contributed by atoms with Gasteiger partial charge in [0, 0.05) is 12.5 Å². The zero-order valence-electron chi connectivity index (χ0n) is 7.09. The Balaban J connectivity index is 1.67. The van der Waals surface area contributed by atoms with Gasteiger partial charge in [0.15, 0.2) is 0 Å². The molecule has 0 N–H and O–H groups in total. The van der Waals surface area contributed by atoms with E-state index in [0.29, 0.717) is 0 Å². The van der Waals surface area contributed by atoms with Gasteiger partial charge in [0.2, 0.25) is 0 Å². The van der Waals surface area contributed by atoms with E-state index in [4.69, 9.17) is 4.74 Å². The molecule has 0 bridgehead atoms. The number of piperidine rings is 1. The van der Waals surface area contributed by atoms with Crippen LogP contribution in [0.3, 0.4) is 0 Å². The van der Waals surface area contributed by atoms with Crippen LogP contribution in [-0.4, -0.2) is 37.7 Å². The van der Waals surface area contributed by atoms with Crippen molar-refractivity contribution in [2.45, 2.75) is 19.3 Å². The summed E-state index contributed by atoms with van der Waals surface area (Å²) in [6.45, 7) is 5.97. The highest BCUT2D eigenvalue weighted by Crippen LogP contribution is 2.15. The van der Waals surface area contributed by atoms with Crippen LogP contribution in [0, 0.1) is 5.92 Å². The number of nitrogens with zero attached hydrogens (tertiary/aromatic N) is 1. The van der Waals surface area contributed by atoms with Crippen LogP contribution >= 0.6 is 0 Å². The standard InChI is InChI=1S/C9H17NO/c1-2-4-10(5-3-1)6-9-7-11-8-9/h9H,1-8H2. The quantitative estimate of drug-likeness (QED) is 0.592. The molecule has 2 fully saturated rings. The van der Waals surface area contributed by atoms with E-state index in [-0.39, 0.29) is 0 Å². The van der Waals surface area contributed by atoms with E-state index < -0.39 is 0 Å². The van der Waals surface area contributed by atoms with Crippen LogP contribution in [0.4, 0.5) is 0 Å².